The van der Waals surface area contributed by atoms with Gasteiger partial charge in [-0.1, -0.05) is 0 Å². The second kappa shape index (κ2) is 11.1. The summed E-state index contributed by atoms with van der Waals surface area (Å²) in [7, 11) is 0. The Kier molecular flexibility index (Phi) is 8.03. The summed E-state index contributed by atoms with van der Waals surface area (Å²) in [6.45, 7) is 7.64. The van der Waals surface area contributed by atoms with Crippen molar-refractivity contribution in [2.45, 2.75) is 64.0 Å². The lowest BCUT2D eigenvalue weighted by atomic mass is 10.1. The molecular formula is C27H33F3N4O4. The van der Waals surface area contributed by atoms with Gasteiger partial charge in [0, 0.05) is 50.7 Å². The first kappa shape index (κ1) is 27.5. The SMILES string of the molecule is CC(C)(C)OC(=O)N1CCC(NC(=O)c2ccc(OC3CCN(c4ccc(C(F)(F)F)cc4)CC3)cn2)C1. The summed E-state index contributed by atoms with van der Waals surface area (Å²) in [6.07, 6.45) is -1.23. The Hall–Kier alpha value is -3.50. The molecule has 1 atom stereocenters. The minimum atomic E-state index is -4.34. The molecule has 1 aromatic heterocycles. The number of halogens is 3. The van der Waals surface area contributed by atoms with Crippen molar-refractivity contribution in [2.24, 2.45) is 0 Å². The van der Waals surface area contributed by atoms with Crippen molar-refractivity contribution in [3.63, 3.8) is 0 Å². The number of anilines is 1. The standard InChI is InChI=1S/C27H33F3N4O4/c1-26(2,3)38-25(36)34-13-10-19(17-34)32-24(35)23-9-8-22(16-31-23)37-21-11-14-33(15-12-21)20-6-4-18(5-7-20)27(28,29)30/h4-9,16,19,21H,10-15,17H2,1-3H3,(H,32,35). The summed E-state index contributed by atoms with van der Waals surface area (Å²) >= 11 is 0. The van der Waals surface area contributed by atoms with Gasteiger partial charge in [-0.3, -0.25) is 4.79 Å². The highest BCUT2D eigenvalue weighted by Crippen LogP contribution is 2.31. The molecule has 4 rings (SSSR count). The summed E-state index contributed by atoms with van der Waals surface area (Å²) in [5.41, 5.74) is -0.222. The van der Waals surface area contributed by atoms with Gasteiger partial charge in [0.05, 0.1) is 11.8 Å². The summed E-state index contributed by atoms with van der Waals surface area (Å²) in [4.78, 5) is 32.7. The minimum Gasteiger partial charge on any atom is -0.489 e. The van der Waals surface area contributed by atoms with Crippen LogP contribution in [0.5, 0.6) is 5.75 Å². The van der Waals surface area contributed by atoms with Crippen molar-refractivity contribution < 1.29 is 32.2 Å². The van der Waals surface area contributed by atoms with Gasteiger partial charge in [-0.25, -0.2) is 9.78 Å². The molecule has 8 nitrogen and oxygen atoms in total. The molecule has 0 spiro atoms. The number of carbonyl (C=O) groups excluding carboxylic acids is 2. The number of likely N-dealkylation sites (tertiary alicyclic amines) is 1. The molecule has 2 aromatic rings. The maximum atomic E-state index is 12.8. The third-order valence-electron chi connectivity index (χ3n) is 6.45. The quantitative estimate of drug-likeness (QED) is 0.588. The number of amides is 2. The fourth-order valence-corrected chi connectivity index (χ4v) is 4.50. The second-order valence-electron chi connectivity index (χ2n) is 10.6. The molecule has 38 heavy (non-hydrogen) atoms. The molecule has 0 aliphatic carbocycles. The summed E-state index contributed by atoms with van der Waals surface area (Å²) < 4.78 is 49.8. The van der Waals surface area contributed by atoms with Gasteiger partial charge in [-0.05, 0) is 63.6 Å². The Labute approximate surface area is 220 Å². The van der Waals surface area contributed by atoms with E-state index in [4.69, 9.17) is 9.47 Å². The predicted octanol–water partition coefficient (Wildman–Crippen LogP) is 4.89. The van der Waals surface area contributed by atoms with Gasteiger partial charge in [-0.2, -0.15) is 13.2 Å². The van der Waals surface area contributed by atoms with Crippen LogP contribution in [0, 0.1) is 0 Å². The van der Waals surface area contributed by atoms with E-state index in [9.17, 15) is 22.8 Å². The van der Waals surface area contributed by atoms with Crippen molar-refractivity contribution in [1.82, 2.24) is 15.2 Å². The summed E-state index contributed by atoms with van der Waals surface area (Å²) in [5.74, 6) is 0.226. The Balaban J connectivity index is 1.22. The zero-order valence-electron chi connectivity index (χ0n) is 21.8. The van der Waals surface area contributed by atoms with E-state index in [1.165, 1.54) is 18.3 Å². The van der Waals surface area contributed by atoms with E-state index in [-0.39, 0.29) is 29.8 Å². The highest BCUT2D eigenvalue weighted by Gasteiger charge is 2.32. The third-order valence-corrected chi connectivity index (χ3v) is 6.45. The summed E-state index contributed by atoms with van der Waals surface area (Å²) in [5, 5.41) is 2.92. The van der Waals surface area contributed by atoms with Crippen LogP contribution in [0.1, 0.15) is 56.1 Å². The van der Waals surface area contributed by atoms with Crippen LogP contribution in [0.15, 0.2) is 42.6 Å². The monoisotopic (exact) mass is 534 g/mol. The molecule has 0 bridgehead atoms. The number of piperidine rings is 1. The molecule has 1 N–H and O–H groups in total. The zero-order chi connectivity index (χ0) is 27.5. The Morgan fingerprint density at radius 1 is 0.974 bits per heavy atom. The number of hydrogen-bond acceptors (Lipinski definition) is 6. The largest absolute Gasteiger partial charge is 0.489 e. The Bertz CT molecular complexity index is 1110. The molecule has 2 aliphatic heterocycles. The fourth-order valence-electron chi connectivity index (χ4n) is 4.50. The average molecular weight is 535 g/mol. The van der Waals surface area contributed by atoms with E-state index in [1.807, 2.05) is 25.7 Å². The van der Waals surface area contributed by atoms with Gasteiger partial charge in [-0.15, -0.1) is 0 Å². The van der Waals surface area contributed by atoms with E-state index in [2.05, 4.69) is 10.3 Å². The first-order valence-electron chi connectivity index (χ1n) is 12.7. The topological polar surface area (TPSA) is 84.0 Å². The molecule has 2 amide bonds. The smallest absolute Gasteiger partial charge is 0.416 e. The lowest BCUT2D eigenvalue weighted by molar-refractivity contribution is -0.137. The van der Waals surface area contributed by atoms with Gasteiger partial charge in [0.15, 0.2) is 0 Å². The van der Waals surface area contributed by atoms with E-state index in [0.717, 1.165) is 17.8 Å². The molecule has 1 aromatic carbocycles. The number of aromatic nitrogens is 1. The number of nitrogens with zero attached hydrogens (tertiary/aromatic N) is 3. The van der Waals surface area contributed by atoms with Gasteiger partial charge < -0.3 is 24.6 Å². The number of nitrogens with one attached hydrogen (secondary N) is 1. The number of carbonyl (C=O) groups is 2. The van der Waals surface area contributed by atoms with Crippen LogP contribution in [-0.4, -0.2) is 65.8 Å². The first-order valence-corrected chi connectivity index (χ1v) is 12.7. The maximum Gasteiger partial charge on any atom is 0.416 e. The third kappa shape index (κ3) is 7.29. The van der Waals surface area contributed by atoms with Crippen molar-refractivity contribution in [3.05, 3.63) is 53.9 Å². The van der Waals surface area contributed by atoms with E-state index in [1.54, 1.807) is 17.0 Å². The number of ether oxygens (including phenoxy) is 2. The molecule has 2 aliphatic rings. The lowest BCUT2D eigenvalue weighted by Gasteiger charge is -2.33. The van der Waals surface area contributed by atoms with Crippen molar-refractivity contribution in [3.8, 4) is 5.75 Å². The Morgan fingerprint density at radius 2 is 1.66 bits per heavy atom. The molecule has 11 heteroatoms. The number of hydrogen-bond donors (Lipinski definition) is 1. The van der Waals surface area contributed by atoms with Crippen LogP contribution in [0.25, 0.3) is 0 Å². The maximum absolute atomic E-state index is 12.8. The van der Waals surface area contributed by atoms with Crippen LogP contribution >= 0.6 is 0 Å². The van der Waals surface area contributed by atoms with Crippen LogP contribution in [0.3, 0.4) is 0 Å². The number of alkyl halides is 3. The normalized spacial score (nSPS) is 18.8. The van der Waals surface area contributed by atoms with Crippen molar-refractivity contribution >= 4 is 17.7 Å². The van der Waals surface area contributed by atoms with Crippen LogP contribution < -0.4 is 15.0 Å². The number of rotatable bonds is 5. The molecule has 206 valence electrons. The fraction of sp³-hybridized carbons (Fsp3) is 0.519. The van der Waals surface area contributed by atoms with Gasteiger partial charge >= 0.3 is 12.3 Å². The first-order chi connectivity index (χ1) is 17.9. The van der Waals surface area contributed by atoms with Crippen LogP contribution in [0.2, 0.25) is 0 Å². The van der Waals surface area contributed by atoms with Gasteiger partial charge in [0.25, 0.3) is 5.91 Å². The van der Waals surface area contributed by atoms with E-state index >= 15 is 0 Å². The summed E-state index contributed by atoms with van der Waals surface area (Å²) in [6, 6.07) is 8.32. The van der Waals surface area contributed by atoms with Gasteiger partial charge in [0.1, 0.15) is 23.1 Å². The van der Waals surface area contributed by atoms with Crippen LogP contribution in [0.4, 0.5) is 23.7 Å². The molecule has 2 fully saturated rings. The highest BCUT2D eigenvalue weighted by atomic mass is 19.4. The van der Waals surface area contributed by atoms with E-state index in [0.29, 0.717) is 51.2 Å². The predicted molar refractivity (Wildman–Crippen MR) is 135 cm³/mol. The van der Waals surface area contributed by atoms with Crippen LogP contribution in [-0.2, 0) is 10.9 Å². The molecular weight excluding hydrogens is 501 g/mol. The average Bonchev–Trinajstić information content (AvgIpc) is 3.32. The van der Waals surface area contributed by atoms with Crippen molar-refractivity contribution in [1.29, 1.82) is 0 Å². The molecule has 2 saturated heterocycles. The number of pyridine rings is 1. The zero-order valence-corrected chi connectivity index (χ0v) is 21.8. The molecule has 0 saturated carbocycles. The van der Waals surface area contributed by atoms with E-state index < -0.39 is 17.3 Å². The minimum absolute atomic E-state index is 0.0560. The molecule has 0 radical (unpaired) electrons. The highest BCUT2D eigenvalue weighted by molar-refractivity contribution is 5.92. The lowest BCUT2D eigenvalue weighted by Crippen LogP contribution is -2.40. The molecule has 3 heterocycles. The Morgan fingerprint density at radius 3 is 2.24 bits per heavy atom. The van der Waals surface area contributed by atoms with Gasteiger partial charge in [0.2, 0.25) is 0 Å². The number of benzene rings is 1. The second-order valence-corrected chi connectivity index (χ2v) is 10.6. The molecule has 1 unspecified atom stereocenters. The van der Waals surface area contributed by atoms with Crippen molar-refractivity contribution in [2.75, 3.05) is 31.1 Å².